The Balaban J connectivity index is 0.00000141. The SMILES string of the molecule is CC.Cc1c(Cl)ccc(N2CC[C@](N)(/C(=N/N)NN)C2)c1Cn1cnc2c(N)ncnc21. The van der Waals surface area contributed by atoms with E-state index in [4.69, 9.17) is 34.8 Å². The van der Waals surface area contributed by atoms with Crippen molar-refractivity contribution in [3.8, 4) is 0 Å². The lowest BCUT2D eigenvalue weighted by Gasteiger charge is -2.28. The first kappa shape index (κ1) is 23.5. The molecule has 2 aromatic heterocycles. The summed E-state index contributed by atoms with van der Waals surface area (Å²) in [5, 5.41) is 4.39. The van der Waals surface area contributed by atoms with Gasteiger partial charge in [0.1, 0.15) is 11.8 Å². The molecule has 0 amide bonds. The number of rotatable bonds is 4. The first-order valence-electron chi connectivity index (χ1n) is 10.4. The van der Waals surface area contributed by atoms with Gasteiger partial charge in [0.25, 0.3) is 0 Å². The summed E-state index contributed by atoms with van der Waals surface area (Å²) in [6.07, 6.45) is 3.78. The number of hydrogen-bond donors (Lipinski definition) is 5. The molecule has 3 aromatic rings. The third-order valence-electron chi connectivity index (χ3n) is 5.64. The number of aromatic nitrogens is 4. The summed E-state index contributed by atoms with van der Waals surface area (Å²) in [4.78, 5) is 14.9. The van der Waals surface area contributed by atoms with Crippen molar-refractivity contribution in [2.24, 2.45) is 22.5 Å². The van der Waals surface area contributed by atoms with E-state index in [2.05, 4.69) is 30.4 Å². The molecule has 1 aliphatic heterocycles. The zero-order valence-electron chi connectivity index (χ0n) is 18.5. The van der Waals surface area contributed by atoms with Gasteiger partial charge in [0, 0.05) is 23.8 Å². The molecule has 12 heteroatoms. The number of fused-ring (bicyclic) bond motifs is 1. The van der Waals surface area contributed by atoms with E-state index in [1.165, 1.54) is 6.33 Å². The van der Waals surface area contributed by atoms with Crippen molar-refractivity contribution in [1.29, 1.82) is 0 Å². The standard InChI is InChI=1S/C18H24ClN11.C2H6/c1-10-11(6-30-9-26-14-15(20)24-8-25-16(14)30)13(3-2-12(10)19)29-5-4-18(21,7-29)17(27-22)28-23;1-2/h2-3,8-9H,4-7,21-23H2,1H3,(H,27,28)(H2,20,24,25);1-2H3/t18-;/m1./s1. The van der Waals surface area contributed by atoms with Gasteiger partial charge in [-0.05, 0) is 36.6 Å². The van der Waals surface area contributed by atoms with Crippen molar-refractivity contribution < 1.29 is 0 Å². The minimum Gasteiger partial charge on any atom is -0.382 e. The minimum atomic E-state index is -0.766. The minimum absolute atomic E-state index is 0.345. The van der Waals surface area contributed by atoms with Gasteiger partial charge in [-0.2, -0.15) is 5.10 Å². The van der Waals surface area contributed by atoms with E-state index >= 15 is 0 Å². The molecule has 0 radical (unpaired) electrons. The Labute approximate surface area is 191 Å². The molecule has 0 saturated carbocycles. The van der Waals surface area contributed by atoms with Crippen LogP contribution in [-0.2, 0) is 6.54 Å². The Bertz CT molecular complexity index is 1130. The second-order valence-electron chi connectivity index (χ2n) is 7.42. The zero-order chi connectivity index (χ0) is 23.5. The molecule has 1 saturated heterocycles. The fourth-order valence-electron chi connectivity index (χ4n) is 3.94. The van der Waals surface area contributed by atoms with Crippen molar-refractivity contribution in [2.45, 2.75) is 39.3 Å². The fourth-order valence-corrected chi connectivity index (χ4v) is 4.11. The molecule has 1 aliphatic rings. The molecule has 0 spiro atoms. The van der Waals surface area contributed by atoms with E-state index < -0.39 is 5.54 Å². The van der Waals surface area contributed by atoms with Crippen LogP contribution >= 0.6 is 11.6 Å². The Morgan fingerprint density at radius 1 is 1.28 bits per heavy atom. The lowest BCUT2D eigenvalue weighted by atomic mass is 9.98. The van der Waals surface area contributed by atoms with Crippen molar-refractivity contribution in [3.63, 3.8) is 0 Å². The molecule has 1 aromatic carbocycles. The molecule has 0 bridgehead atoms. The summed E-state index contributed by atoms with van der Waals surface area (Å²) in [6, 6.07) is 3.88. The van der Waals surface area contributed by atoms with Crippen LogP contribution in [0.25, 0.3) is 11.2 Å². The highest BCUT2D eigenvalue weighted by Gasteiger charge is 2.40. The first-order chi connectivity index (χ1) is 15.4. The highest BCUT2D eigenvalue weighted by Crippen LogP contribution is 2.34. The molecule has 3 heterocycles. The van der Waals surface area contributed by atoms with Gasteiger partial charge >= 0.3 is 0 Å². The molecule has 4 rings (SSSR count). The summed E-state index contributed by atoms with van der Waals surface area (Å²) in [5.41, 5.74) is 18.5. The van der Waals surface area contributed by atoms with Crippen molar-refractivity contribution in [2.75, 3.05) is 23.7 Å². The second kappa shape index (κ2) is 9.55. The number of nitrogens with two attached hydrogens (primary N) is 4. The van der Waals surface area contributed by atoms with Gasteiger partial charge in [0.2, 0.25) is 0 Å². The molecule has 1 fully saturated rings. The quantitative estimate of drug-likeness (QED) is 0.165. The van der Waals surface area contributed by atoms with Crippen LogP contribution in [0.2, 0.25) is 5.02 Å². The average molecular weight is 460 g/mol. The van der Waals surface area contributed by atoms with E-state index in [0.29, 0.717) is 53.9 Å². The van der Waals surface area contributed by atoms with Crippen LogP contribution in [0.15, 0.2) is 29.9 Å². The Kier molecular flexibility index (Phi) is 7.02. The predicted molar refractivity (Wildman–Crippen MR) is 129 cm³/mol. The van der Waals surface area contributed by atoms with Gasteiger partial charge in [-0.3, -0.25) is 0 Å². The topological polar surface area (TPSA) is 175 Å². The summed E-state index contributed by atoms with van der Waals surface area (Å²) < 4.78 is 1.93. The lowest BCUT2D eigenvalue weighted by molar-refractivity contribution is 0.604. The number of hydrazone groups is 1. The van der Waals surface area contributed by atoms with Crippen LogP contribution in [0, 0.1) is 6.92 Å². The highest BCUT2D eigenvalue weighted by atomic mass is 35.5. The Hall–Kier alpha value is -3.15. The molecule has 172 valence electrons. The smallest absolute Gasteiger partial charge is 0.165 e. The molecule has 32 heavy (non-hydrogen) atoms. The molecule has 9 N–H and O–H groups in total. The van der Waals surface area contributed by atoms with Gasteiger partial charge in [-0.15, -0.1) is 0 Å². The van der Waals surface area contributed by atoms with Crippen molar-refractivity contribution in [1.82, 2.24) is 24.9 Å². The van der Waals surface area contributed by atoms with E-state index in [9.17, 15) is 0 Å². The summed E-state index contributed by atoms with van der Waals surface area (Å²) in [6.45, 7) is 7.71. The summed E-state index contributed by atoms with van der Waals surface area (Å²) in [7, 11) is 0. The molecule has 1 atom stereocenters. The molecular formula is C20H30ClN11. The van der Waals surface area contributed by atoms with Gasteiger partial charge < -0.3 is 32.2 Å². The number of anilines is 2. The normalized spacial score (nSPS) is 18.6. The van der Waals surface area contributed by atoms with Gasteiger partial charge in [0.15, 0.2) is 17.3 Å². The number of nitrogen functional groups attached to an aromatic ring is 1. The van der Waals surface area contributed by atoms with Crippen LogP contribution in [0.5, 0.6) is 0 Å². The maximum atomic E-state index is 6.53. The second-order valence-corrected chi connectivity index (χ2v) is 7.83. The molecule has 11 nitrogen and oxygen atoms in total. The van der Waals surface area contributed by atoms with E-state index in [1.807, 2.05) is 37.5 Å². The number of hydrogen-bond acceptors (Lipinski definition) is 9. The van der Waals surface area contributed by atoms with Crippen LogP contribution in [0.3, 0.4) is 0 Å². The Morgan fingerprint density at radius 3 is 2.72 bits per heavy atom. The third-order valence-corrected chi connectivity index (χ3v) is 6.05. The summed E-state index contributed by atoms with van der Waals surface area (Å²) in [5.74, 6) is 11.7. The maximum absolute atomic E-state index is 6.53. The monoisotopic (exact) mass is 459 g/mol. The Morgan fingerprint density at radius 2 is 2.03 bits per heavy atom. The number of nitrogens with zero attached hydrogens (tertiary/aromatic N) is 6. The van der Waals surface area contributed by atoms with Crippen molar-refractivity contribution in [3.05, 3.63) is 40.9 Å². The average Bonchev–Trinajstić information content (AvgIpc) is 3.39. The summed E-state index contributed by atoms with van der Waals surface area (Å²) >= 11 is 6.45. The first-order valence-corrected chi connectivity index (χ1v) is 10.7. The van der Waals surface area contributed by atoms with Crippen LogP contribution < -0.4 is 33.5 Å². The fraction of sp³-hybridized carbons (Fsp3) is 0.400. The molecular weight excluding hydrogens is 430 g/mol. The van der Waals surface area contributed by atoms with Gasteiger partial charge in [-0.1, -0.05) is 25.4 Å². The maximum Gasteiger partial charge on any atom is 0.165 e. The number of halogens is 1. The van der Waals surface area contributed by atoms with E-state index in [0.717, 1.165) is 16.8 Å². The largest absolute Gasteiger partial charge is 0.382 e. The molecule has 0 unspecified atom stereocenters. The van der Waals surface area contributed by atoms with Gasteiger partial charge in [0.05, 0.1) is 18.4 Å². The van der Waals surface area contributed by atoms with Crippen molar-refractivity contribution >= 4 is 40.1 Å². The van der Waals surface area contributed by atoms with Gasteiger partial charge in [-0.25, -0.2) is 20.8 Å². The lowest BCUT2D eigenvalue weighted by Crippen LogP contribution is -2.58. The van der Waals surface area contributed by atoms with E-state index in [-0.39, 0.29) is 0 Å². The number of imidazole rings is 1. The number of benzene rings is 1. The zero-order valence-corrected chi connectivity index (χ0v) is 19.3. The number of hydrazine groups is 1. The third kappa shape index (κ3) is 4.14. The molecule has 0 aliphatic carbocycles. The number of amidine groups is 1. The van der Waals surface area contributed by atoms with Crippen LogP contribution in [-0.4, -0.2) is 44.0 Å². The van der Waals surface area contributed by atoms with E-state index in [1.54, 1.807) is 6.33 Å². The van der Waals surface area contributed by atoms with Crippen LogP contribution in [0.4, 0.5) is 11.5 Å². The number of nitrogens with one attached hydrogen (secondary N) is 1. The van der Waals surface area contributed by atoms with Crippen LogP contribution in [0.1, 0.15) is 31.4 Å². The predicted octanol–water partition coefficient (Wildman–Crippen LogP) is 1.09. The highest BCUT2D eigenvalue weighted by molar-refractivity contribution is 6.31.